The number of hydrogen-bond acceptors (Lipinski definition) is 3. The van der Waals surface area contributed by atoms with Gasteiger partial charge in [0, 0.05) is 35.3 Å². The Morgan fingerprint density at radius 1 is 1.32 bits per heavy atom. The molecule has 19 heavy (non-hydrogen) atoms. The molecule has 0 bridgehead atoms. The normalized spacial score (nSPS) is 16.7. The molecule has 0 spiro atoms. The molecule has 4 nitrogen and oxygen atoms in total. The quantitative estimate of drug-likeness (QED) is 0.714. The number of amides is 1. The van der Waals surface area contributed by atoms with E-state index in [4.69, 9.17) is 5.73 Å². The highest BCUT2D eigenvalue weighted by atomic mass is 32.2. The van der Waals surface area contributed by atoms with E-state index in [1.165, 1.54) is 0 Å². The Labute approximate surface area is 120 Å². The van der Waals surface area contributed by atoms with Gasteiger partial charge in [-0.3, -0.25) is 9.00 Å². The molecule has 0 aromatic carbocycles. The van der Waals surface area contributed by atoms with E-state index in [0.717, 1.165) is 12.8 Å². The van der Waals surface area contributed by atoms with Crippen LogP contribution < -0.4 is 11.1 Å². The number of carbonyl (C=O) groups excluding carboxylic acids is 1. The number of nitrogens with two attached hydrogens (primary N) is 1. The molecule has 0 aliphatic rings. The Morgan fingerprint density at radius 2 is 1.89 bits per heavy atom. The van der Waals surface area contributed by atoms with Gasteiger partial charge in [0.1, 0.15) is 0 Å². The predicted molar refractivity (Wildman–Crippen MR) is 82.4 cm³/mol. The van der Waals surface area contributed by atoms with Gasteiger partial charge in [-0.2, -0.15) is 0 Å². The molecule has 3 unspecified atom stereocenters. The van der Waals surface area contributed by atoms with Crippen molar-refractivity contribution in [1.29, 1.82) is 0 Å². The van der Waals surface area contributed by atoms with Crippen LogP contribution >= 0.6 is 0 Å². The van der Waals surface area contributed by atoms with E-state index in [1.807, 2.05) is 6.92 Å². The number of nitrogens with one attached hydrogen (secondary N) is 1. The molecule has 3 atom stereocenters. The zero-order valence-corrected chi connectivity index (χ0v) is 13.8. The van der Waals surface area contributed by atoms with Gasteiger partial charge in [-0.1, -0.05) is 20.8 Å². The third-order valence-electron chi connectivity index (χ3n) is 3.61. The molecule has 0 rings (SSSR count). The lowest BCUT2D eigenvalue weighted by atomic mass is 9.76. The first-order valence-electron chi connectivity index (χ1n) is 6.97. The van der Waals surface area contributed by atoms with Crippen molar-refractivity contribution in [2.24, 2.45) is 17.1 Å². The van der Waals surface area contributed by atoms with Crippen molar-refractivity contribution < 1.29 is 9.00 Å². The molecule has 5 heteroatoms. The fourth-order valence-electron chi connectivity index (χ4n) is 1.98. The molecule has 1 amide bonds. The highest BCUT2D eigenvalue weighted by molar-refractivity contribution is 7.84. The maximum absolute atomic E-state index is 11.8. The topological polar surface area (TPSA) is 72.2 Å². The van der Waals surface area contributed by atoms with E-state index in [-0.39, 0.29) is 16.6 Å². The molecule has 3 N–H and O–H groups in total. The standard InChI is InChI=1S/C14H30N2O2S/c1-11(19(5)18)10-16-13(17)7-6-12(8-9-15)14(2,3)4/h11-12H,6-10,15H2,1-5H3,(H,16,17). The molecule has 114 valence electrons. The average Bonchev–Trinajstić information content (AvgIpc) is 2.29. The second kappa shape index (κ2) is 8.69. The maximum Gasteiger partial charge on any atom is 0.220 e. The van der Waals surface area contributed by atoms with E-state index in [0.29, 0.717) is 25.4 Å². The largest absolute Gasteiger partial charge is 0.355 e. The summed E-state index contributed by atoms with van der Waals surface area (Å²) >= 11 is 0. The fraction of sp³-hybridized carbons (Fsp3) is 0.929. The lowest BCUT2D eigenvalue weighted by Gasteiger charge is -2.30. The SMILES string of the molecule is CC(CNC(=O)CCC(CCN)C(C)(C)C)S(C)=O. The van der Waals surface area contributed by atoms with Gasteiger partial charge in [0.05, 0.1) is 0 Å². The van der Waals surface area contributed by atoms with Crippen LogP contribution in [0.25, 0.3) is 0 Å². The summed E-state index contributed by atoms with van der Waals surface area (Å²) in [5.41, 5.74) is 5.81. The summed E-state index contributed by atoms with van der Waals surface area (Å²) in [5, 5.41) is 2.86. The second-order valence-electron chi connectivity index (χ2n) is 6.29. The van der Waals surface area contributed by atoms with E-state index < -0.39 is 10.8 Å². The van der Waals surface area contributed by atoms with Crippen molar-refractivity contribution in [2.75, 3.05) is 19.3 Å². The summed E-state index contributed by atoms with van der Waals surface area (Å²) < 4.78 is 11.2. The minimum absolute atomic E-state index is 0.00593. The van der Waals surface area contributed by atoms with Gasteiger partial charge in [-0.15, -0.1) is 0 Å². The summed E-state index contributed by atoms with van der Waals surface area (Å²) in [7, 11) is -0.888. The maximum atomic E-state index is 11.8. The summed E-state index contributed by atoms with van der Waals surface area (Å²) in [6, 6.07) is 0. The summed E-state index contributed by atoms with van der Waals surface area (Å²) in [5.74, 6) is 0.504. The third kappa shape index (κ3) is 8.37. The van der Waals surface area contributed by atoms with E-state index in [2.05, 4.69) is 26.1 Å². The van der Waals surface area contributed by atoms with Crippen molar-refractivity contribution in [1.82, 2.24) is 5.32 Å². The van der Waals surface area contributed by atoms with Crippen LogP contribution in [0.2, 0.25) is 0 Å². The highest BCUT2D eigenvalue weighted by Crippen LogP contribution is 2.31. The molecule has 0 saturated carbocycles. The van der Waals surface area contributed by atoms with Crippen molar-refractivity contribution in [3.8, 4) is 0 Å². The summed E-state index contributed by atoms with van der Waals surface area (Å²) in [6.07, 6.45) is 3.99. The van der Waals surface area contributed by atoms with E-state index >= 15 is 0 Å². The molecule has 0 aromatic heterocycles. The zero-order valence-electron chi connectivity index (χ0n) is 13.0. The molecular formula is C14H30N2O2S. The molecule has 0 aromatic rings. The lowest BCUT2D eigenvalue weighted by molar-refractivity contribution is -0.121. The number of rotatable bonds is 8. The van der Waals surface area contributed by atoms with Gasteiger partial charge in [-0.05, 0) is 37.6 Å². The fourth-order valence-corrected chi connectivity index (χ4v) is 2.30. The lowest BCUT2D eigenvalue weighted by Crippen LogP contribution is -2.33. The van der Waals surface area contributed by atoms with Crippen molar-refractivity contribution in [2.45, 2.75) is 52.2 Å². The predicted octanol–water partition coefficient (Wildman–Crippen LogP) is 1.66. The molecule has 0 heterocycles. The molecule has 0 fully saturated rings. The molecule has 0 saturated heterocycles. The average molecular weight is 290 g/mol. The van der Waals surface area contributed by atoms with Crippen LogP contribution in [0.15, 0.2) is 0 Å². The van der Waals surface area contributed by atoms with E-state index in [9.17, 15) is 9.00 Å². The highest BCUT2D eigenvalue weighted by Gasteiger charge is 2.24. The van der Waals surface area contributed by atoms with Crippen molar-refractivity contribution >= 4 is 16.7 Å². The Balaban J connectivity index is 4.09. The Bertz CT molecular complexity index is 300. The van der Waals surface area contributed by atoms with Gasteiger partial charge < -0.3 is 11.1 Å². The third-order valence-corrected chi connectivity index (χ3v) is 4.91. The minimum atomic E-state index is -0.888. The number of carbonyl (C=O) groups is 1. The van der Waals surface area contributed by atoms with Gasteiger partial charge in [-0.25, -0.2) is 0 Å². The Morgan fingerprint density at radius 3 is 2.32 bits per heavy atom. The van der Waals surface area contributed by atoms with Gasteiger partial charge in [0.2, 0.25) is 5.91 Å². The van der Waals surface area contributed by atoms with Crippen LogP contribution in [0.3, 0.4) is 0 Å². The van der Waals surface area contributed by atoms with Gasteiger partial charge >= 0.3 is 0 Å². The van der Waals surface area contributed by atoms with Gasteiger partial charge in [0.15, 0.2) is 0 Å². The zero-order chi connectivity index (χ0) is 15.1. The van der Waals surface area contributed by atoms with Crippen molar-refractivity contribution in [3.05, 3.63) is 0 Å². The second-order valence-corrected chi connectivity index (χ2v) is 8.09. The summed E-state index contributed by atoms with van der Waals surface area (Å²) in [4.78, 5) is 11.8. The monoisotopic (exact) mass is 290 g/mol. The molecular weight excluding hydrogens is 260 g/mol. The minimum Gasteiger partial charge on any atom is -0.355 e. The van der Waals surface area contributed by atoms with Crippen LogP contribution in [0.1, 0.15) is 47.0 Å². The Hall–Kier alpha value is -0.420. The van der Waals surface area contributed by atoms with Crippen LogP contribution in [-0.2, 0) is 15.6 Å². The van der Waals surface area contributed by atoms with Crippen molar-refractivity contribution in [3.63, 3.8) is 0 Å². The van der Waals surface area contributed by atoms with Crippen LogP contribution in [0, 0.1) is 11.3 Å². The first-order valence-corrected chi connectivity index (χ1v) is 8.59. The first-order chi connectivity index (χ1) is 8.68. The smallest absolute Gasteiger partial charge is 0.220 e. The van der Waals surface area contributed by atoms with Gasteiger partial charge in [0.25, 0.3) is 0 Å². The molecule has 0 radical (unpaired) electrons. The van der Waals surface area contributed by atoms with E-state index in [1.54, 1.807) is 6.26 Å². The first kappa shape index (κ1) is 18.6. The Kier molecular flexibility index (Phi) is 8.50. The molecule has 0 aliphatic heterocycles. The summed E-state index contributed by atoms with van der Waals surface area (Å²) in [6.45, 7) is 9.59. The number of hydrogen-bond donors (Lipinski definition) is 2. The van der Waals surface area contributed by atoms with Crippen LogP contribution in [-0.4, -0.2) is 34.7 Å². The molecule has 0 aliphatic carbocycles. The van der Waals surface area contributed by atoms with Crippen LogP contribution in [0.4, 0.5) is 0 Å². The van der Waals surface area contributed by atoms with Crippen LogP contribution in [0.5, 0.6) is 0 Å².